The van der Waals surface area contributed by atoms with Crippen molar-refractivity contribution in [3.05, 3.63) is 36.5 Å². The lowest BCUT2D eigenvalue weighted by Gasteiger charge is -2.18. The summed E-state index contributed by atoms with van der Waals surface area (Å²) < 4.78 is 16.8. The smallest absolute Gasteiger partial charge is 0.306 e. The van der Waals surface area contributed by atoms with Gasteiger partial charge in [0.1, 0.15) is 13.2 Å². The summed E-state index contributed by atoms with van der Waals surface area (Å²) in [6.45, 7) is 6.62. The van der Waals surface area contributed by atoms with E-state index in [1.54, 1.807) is 0 Å². The van der Waals surface area contributed by atoms with Crippen molar-refractivity contribution in [2.24, 2.45) is 0 Å². The monoisotopic (exact) mass is 885 g/mol. The Morgan fingerprint density at radius 3 is 0.952 bits per heavy atom. The second kappa shape index (κ2) is 52.3. The number of hydrogen-bond donors (Lipinski definition) is 0. The van der Waals surface area contributed by atoms with Crippen molar-refractivity contribution in [3.8, 4) is 0 Å². The number of hydrogen-bond acceptors (Lipinski definition) is 6. The van der Waals surface area contributed by atoms with Crippen LogP contribution in [0.5, 0.6) is 0 Å². The predicted molar refractivity (Wildman–Crippen MR) is 270 cm³/mol. The average molecular weight is 885 g/mol. The van der Waals surface area contributed by atoms with E-state index in [1.165, 1.54) is 186 Å². The van der Waals surface area contributed by atoms with Gasteiger partial charge < -0.3 is 14.2 Å². The van der Waals surface area contributed by atoms with Crippen molar-refractivity contribution in [1.29, 1.82) is 0 Å². The average Bonchev–Trinajstić information content (AvgIpc) is 3.28. The number of unbranched alkanes of at least 4 members (excludes halogenated alkanes) is 33. The van der Waals surface area contributed by atoms with Crippen LogP contribution >= 0.6 is 0 Å². The lowest BCUT2D eigenvalue weighted by Crippen LogP contribution is -2.30. The molecule has 1 atom stereocenters. The molecule has 63 heavy (non-hydrogen) atoms. The Hall–Kier alpha value is -2.37. The van der Waals surface area contributed by atoms with Crippen LogP contribution in [0.2, 0.25) is 0 Å². The molecule has 0 aromatic rings. The Labute approximate surface area is 391 Å². The van der Waals surface area contributed by atoms with Crippen molar-refractivity contribution in [1.82, 2.24) is 0 Å². The van der Waals surface area contributed by atoms with Crippen LogP contribution < -0.4 is 0 Å². The van der Waals surface area contributed by atoms with Crippen molar-refractivity contribution in [2.75, 3.05) is 13.2 Å². The highest BCUT2D eigenvalue weighted by molar-refractivity contribution is 5.71. The zero-order valence-electron chi connectivity index (χ0n) is 42.1. The fourth-order valence-electron chi connectivity index (χ4n) is 7.99. The van der Waals surface area contributed by atoms with Crippen LogP contribution in [0.15, 0.2) is 36.5 Å². The van der Waals surface area contributed by atoms with Gasteiger partial charge in [-0.1, -0.05) is 256 Å². The minimum absolute atomic E-state index is 0.0830. The molecule has 0 saturated carbocycles. The predicted octanol–water partition coefficient (Wildman–Crippen LogP) is 18.1. The standard InChI is InChI=1S/C57H104O6/c1-4-7-10-13-16-19-22-25-27-28-30-33-35-38-41-44-47-50-56(59)62-53-54(63-57(60)51-48-45-42-39-36-31-24-21-18-15-12-9-6-3)52-61-55(58)49-46-43-40-37-34-32-29-26-23-20-17-14-11-8-5-2/h25,27,30,33,38,41,54H,4-24,26,28-29,31-32,34-37,39-40,42-53H2,1-3H3/b27-25-,33-30-,41-38-/t54-/m0/s1. The SMILES string of the molecule is CCCCCCCC/C=C\C/C=C\C/C=C\CCCC(=O)OC[C@H](COC(=O)CCCCCCCCCCCCCCCCC)OC(=O)CCCCCCCCCCCCCCC. The highest BCUT2D eigenvalue weighted by atomic mass is 16.6. The topological polar surface area (TPSA) is 78.9 Å². The number of carbonyl (C=O) groups excluding carboxylic acids is 3. The van der Waals surface area contributed by atoms with E-state index in [9.17, 15) is 14.4 Å². The second-order valence-corrected chi connectivity index (χ2v) is 18.5. The van der Waals surface area contributed by atoms with Crippen molar-refractivity contribution < 1.29 is 28.6 Å². The molecular weight excluding hydrogens is 781 g/mol. The summed E-state index contributed by atoms with van der Waals surface area (Å²) in [5.41, 5.74) is 0. The first-order valence-electron chi connectivity index (χ1n) is 27.5. The second-order valence-electron chi connectivity index (χ2n) is 18.5. The van der Waals surface area contributed by atoms with E-state index >= 15 is 0 Å². The van der Waals surface area contributed by atoms with Crippen LogP contribution in [0.4, 0.5) is 0 Å². The summed E-state index contributed by atoms with van der Waals surface area (Å²) in [5, 5.41) is 0. The summed E-state index contributed by atoms with van der Waals surface area (Å²) in [7, 11) is 0. The van der Waals surface area contributed by atoms with Gasteiger partial charge in [0.15, 0.2) is 6.10 Å². The number of rotatable bonds is 50. The molecule has 0 bridgehead atoms. The van der Waals surface area contributed by atoms with Crippen LogP contribution in [0.1, 0.15) is 290 Å². The van der Waals surface area contributed by atoms with Crippen molar-refractivity contribution in [3.63, 3.8) is 0 Å². The van der Waals surface area contributed by atoms with E-state index in [-0.39, 0.29) is 31.1 Å². The number of ether oxygens (including phenoxy) is 3. The molecule has 368 valence electrons. The largest absolute Gasteiger partial charge is 0.462 e. The van der Waals surface area contributed by atoms with Gasteiger partial charge in [0.05, 0.1) is 0 Å². The molecule has 0 saturated heterocycles. The minimum atomic E-state index is -0.787. The normalized spacial score (nSPS) is 12.2. The third-order valence-electron chi connectivity index (χ3n) is 12.1. The maximum atomic E-state index is 12.8. The molecule has 0 aromatic heterocycles. The van der Waals surface area contributed by atoms with Gasteiger partial charge in [-0.2, -0.15) is 0 Å². The Morgan fingerprint density at radius 1 is 0.317 bits per heavy atom. The van der Waals surface area contributed by atoms with Crippen molar-refractivity contribution in [2.45, 2.75) is 297 Å². The summed E-state index contributed by atoms with van der Waals surface area (Å²) in [5.74, 6) is -0.922. The fraction of sp³-hybridized carbons (Fsp3) is 0.842. The van der Waals surface area contributed by atoms with Gasteiger partial charge in [-0.25, -0.2) is 0 Å². The molecule has 0 radical (unpaired) electrons. The summed E-state index contributed by atoms with van der Waals surface area (Å²) in [4.78, 5) is 38.0. The van der Waals surface area contributed by atoms with E-state index < -0.39 is 6.10 Å². The Balaban J connectivity index is 4.40. The van der Waals surface area contributed by atoms with Gasteiger partial charge in [-0.15, -0.1) is 0 Å². The first kappa shape index (κ1) is 60.6. The van der Waals surface area contributed by atoms with E-state index in [0.29, 0.717) is 25.7 Å². The molecule has 0 N–H and O–H groups in total. The Kier molecular flexibility index (Phi) is 50.3. The van der Waals surface area contributed by atoms with Crippen molar-refractivity contribution >= 4 is 17.9 Å². The molecule has 0 aromatic carbocycles. The van der Waals surface area contributed by atoms with Crippen LogP contribution in [-0.2, 0) is 28.6 Å². The van der Waals surface area contributed by atoms with Gasteiger partial charge in [-0.3, -0.25) is 14.4 Å². The zero-order valence-corrected chi connectivity index (χ0v) is 42.1. The van der Waals surface area contributed by atoms with E-state index in [1.807, 2.05) is 0 Å². The van der Waals surface area contributed by atoms with Gasteiger partial charge in [-0.05, 0) is 51.4 Å². The lowest BCUT2D eigenvalue weighted by molar-refractivity contribution is -0.167. The molecule has 0 rings (SSSR count). The third kappa shape index (κ3) is 50.5. The summed E-state index contributed by atoms with van der Waals surface area (Å²) in [6, 6.07) is 0. The lowest BCUT2D eigenvalue weighted by atomic mass is 10.0. The number of allylic oxidation sites excluding steroid dienone is 6. The summed E-state index contributed by atoms with van der Waals surface area (Å²) in [6.07, 6.45) is 61.3. The maximum absolute atomic E-state index is 12.8. The molecule has 0 heterocycles. The minimum Gasteiger partial charge on any atom is -0.462 e. The molecular formula is C57H104O6. The molecule has 6 nitrogen and oxygen atoms in total. The van der Waals surface area contributed by atoms with Crippen LogP contribution in [0.3, 0.4) is 0 Å². The molecule has 0 amide bonds. The van der Waals surface area contributed by atoms with Gasteiger partial charge >= 0.3 is 17.9 Å². The summed E-state index contributed by atoms with van der Waals surface area (Å²) >= 11 is 0. The Bertz CT molecular complexity index is 1060. The molecule has 0 fully saturated rings. The quantitative estimate of drug-likeness (QED) is 0.0262. The van der Waals surface area contributed by atoms with Crippen LogP contribution in [-0.4, -0.2) is 37.2 Å². The molecule has 0 spiro atoms. The molecule has 0 unspecified atom stereocenters. The number of carbonyl (C=O) groups is 3. The number of esters is 3. The van der Waals surface area contributed by atoms with Gasteiger partial charge in [0, 0.05) is 19.3 Å². The zero-order chi connectivity index (χ0) is 45.8. The van der Waals surface area contributed by atoms with Crippen LogP contribution in [0, 0.1) is 0 Å². The third-order valence-corrected chi connectivity index (χ3v) is 12.1. The molecule has 0 aliphatic rings. The maximum Gasteiger partial charge on any atom is 0.306 e. The van der Waals surface area contributed by atoms with Crippen LogP contribution in [0.25, 0.3) is 0 Å². The fourth-order valence-corrected chi connectivity index (χ4v) is 7.99. The van der Waals surface area contributed by atoms with E-state index in [2.05, 4.69) is 57.2 Å². The first-order chi connectivity index (χ1) is 31.0. The highest BCUT2D eigenvalue weighted by Crippen LogP contribution is 2.16. The molecule has 0 aliphatic heterocycles. The van der Waals surface area contributed by atoms with E-state index in [0.717, 1.165) is 57.8 Å². The first-order valence-corrected chi connectivity index (χ1v) is 27.5. The highest BCUT2D eigenvalue weighted by Gasteiger charge is 2.19. The van der Waals surface area contributed by atoms with Gasteiger partial charge in [0.25, 0.3) is 0 Å². The Morgan fingerprint density at radius 2 is 0.587 bits per heavy atom. The molecule has 0 aliphatic carbocycles. The van der Waals surface area contributed by atoms with Gasteiger partial charge in [0.2, 0.25) is 0 Å². The molecule has 6 heteroatoms. The van der Waals surface area contributed by atoms with E-state index in [4.69, 9.17) is 14.2 Å².